The highest BCUT2D eigenvalue weighted by Crippen LogP contribution is 2.27. The Morgan fingerprint density at radius 2 is 2.05 bits per heavy atom. The lowest BCUT2D eigenvalue weighted by Gasteiger charge is -2.10. The van der Waals surface area contributed by atoms with Crippen molar-refractivity contribution < 1.29 is 14.1 Å². The lowest BCUT2D eigenvalue weighted by Crippen LogP contribution is -2.20. The number of rotatable bonds is 4. The number of hydrogen-bond donors (Lipinski definition) is 1. The number of hydrogen-bond acceptors (Lipinski definition) is 4. The van der Waals surface area contributed by atoms with E-state index in [1.807, 2.05) is 31.2 Å². The summed E-state index contributed by atoms with van der Waals surface area (Å²) < 4.78 is 10.7. The molecule has 0 atom stereocenters. The second kappa shape index (κ2) is 5.99. The molecule has 0 unspecified atom stereocenters. The molecule has 0 saturated heterocycles. The van der Waals surface area contributed by atoms with Gasteiger partial charge in [0.25, 0.3) is 5.91 Å². The Morgan fingerprint density at radius 1 is 1.29 bits per heavy atom. The summed E-state index contributed by atoms with van der Waals surface area (Å²) in [6, 6.07) is 7.58. The molecule has 110 valence electrons. The molecule has 1 heterocycles. The van der Waals surface area contributed by atoms with Crippen molar-refractivity contribution in [1.29, 1.82) is 0 Å². The fraction of sp³-hybridized carbons (Fsp3) is 0.375. The maximum Gasteiger partial charge on any atom is 0.264 e. The largest absolute Gasteiger partial charge is 0.484 e. The van der Waals surface area contributed by atoms with Gasteiger partial charge in [-0.1, -0.05) is 22.9 Å². The first kappa shape index (κ1) is 13.7. The highest BCUT2D eigenvalue weighted by Gasteiger charge is 2.20. The molecule has 5 heteroatoms. The van der Waals surface area contributed by atoms with Crippen LogP contribution in [0.3, 0.4) is 0 Å². The van der Waals surface area contributed by atoms with Crippen LogP contribution in [0.2, 0.25) is 0 Å². The van der Waals surface area contributed by atoms with E-state index in [0.29, 0.717) is 11.6 Å². The number of aryl methyl sites for hydroxylation is 2. The zero-order chi connectivity index (χ0) is 14.7. The predicted octanol–water partition coefficient (Wildman–Crippen LogP) is 2.88. The molecule has 0 radical (unpaired) electrons. The van der Waals surface area contributed by atoms with E-state index in [0.717, 1.165) is 42.5 Å². The average molecular weight is 286 g/mol. The maximum absolute atomic E-state index is 11.9. The lowest BCUT2D eigenvalue weighted by molar-refractivity contribution is -0.118. The van der Waals surface area contributed by atoms with Gasteiger partial charge in [0.05, 0.1) is 5.69 Å². The van der Waals surface area contributed by atoms with E-state index in [-0.39, 0.29) is 12.5 Å². The molecule has 0 bridgehead atoms. The van der Waals surface area contributed by atoms with Crippen LogP contribution in [0.25, 0.3) is 0 Å². The second-order valence-corrected chi connectivity index (χ2v) is 5.29. The van der Waals surface area contributed by atoms with E-state index in [9.17, 15) is 4.79 Å². The number of anilines is 1. The van der Waals surface area contributed by atoms with Crippen LogP contribution in [0, 0.1) is 6.92 Å². The number of carbonyl (C=O) groups is 1. The Kier molecular flexibility index (Phi) is 3.90. The summed E-state index contributed by atoms with van der Waals surface area (Å²) in [7, 11) is 0. The summed E-state index contributed by atoms with van der Waals surface area (Å²) in [5.41, 5.74) is 3.15. The molecule has 1 aromatic carbocycles. The first-order chi connectivity index (χ1) is 10.2. The normalized spacial score (nSPS) is 13.6. The van der Waals surface area contributed by atoms with Crippen molar-refractivity contribution in [1.82, 2.24) is 5.16 Å². The van der Waals surface area contributed by atoms with Gasteiger partial charge in [-0.05, 0) is 44.7 Å². The zero-order valence-corrected chi connectivity index (χ0v) is 12.0. The molecule has 0 spiro atoms. The second-order valence-electron chi connectivity index (χ2n) is 5.29. The van der Waals surface area contributed by atoms with Gasteiger partial charge in [0.1, 0.15) is 5.75 Å². The van der Waals surface area contributed by atoms with Crippen LogP contribution in [0.1, 0.15) is 29.7 Å². The summed E-state index contributed by atoms with van der Waals surface area (Å²) in [5, 5.41) is 6.75. The number of nitrogens with zero attached hydrogens (tertiary/aromatic N) is 1. The van der Waals surface area contributed by atoms with Gasteiger partial charge in [0, 0.05) is 5.56 Å². The van der Waals surface area contributed by atoms with Gasteiger partial charge in [0.15, 0.2) is 6.61 Å². The molecular formula is C16H18N2O3. The average Bonchev–Trinajstić information content (AvgIpc) is 2.90. The molecule has 2 aromatic rings. The number of amides is 1. The van der Waals surface area contributed by atoms with Crippen molar-refractivity contribution in [2.24, 2.45) is 0 Å². The van der Waals surface area contributed by atoms with Crippen molar-refractivity contribution in [3.05, 3.63) is 41.1 Å². The SMILES string of the molecule is Cc1ccc(OCC(=O)Nc2onc3c2CCCC3)cc1. The number of nitrogens with one attached hydrogen (secondary N) is 1. The lowest BCUT2D eigenvalue weighted by atomic mass is 9.98. The van der Waals surface area contributed by atoms with Crippen LogP contribution >= 0.6 is 0 Å². The molecule has 1 aliphatic rings. The molecule has 0 saturated carbocycles. The van der Waals surface area contributed by atoms with Crippen molar-refractivity contribution >= 4 is 11.8 Å². The van der Waals surface area contributed by atoms with Gasteiger partial charge >= 0.3 is 0 Å². The quantitative estimate of drug-likeness (QED) is 0.938. The van der Waals surface area contributed by atoms with Crippen LogP contribution in [0.5, 0.6) is 5.75 Å². The van der Waals surface area contributed by atoms with E-state index in [1.165, 1.54) is 0 Å². The van der Waals surface area contributed by atoms with Gasteiger partial charge in [-0.15, -0.1) is 0 Å². The van der Waals surface area contributed by atoms with Gasteiger partial charge in [-0.2, -0.15) is 0 Å². The third kappa shape index (κ3) is 3.24. The molecule has 0 aliphatic heterocycles. The van der Waals surface area contributed by atoms with Gasteiger partial charge in [-0.3, -0.25) is 10.1 Å². The Balaban J connectivity index is 1.57. The van der Waals surface area contributed by atoms with Crippen molar-refractivity contribution in [3.8, 4) is 5.75 Å². The number of fused-ring (bicyclic) bond motifs is 1. The zero-order valence-electron chi connectivity index (χ0n) is 12.0. The van der Waals surface area contributed by atoms with E-state index in [1.54, 1.807) is 0 Å². The topological polar surface area (TPSA) is 64.4 Å². The van der Waals surface area contributed by atoms with E-state index >= 15 is 0 Å². The van der Waals surface area contributed by atoms with Crippen molar-refractivity contribution in [2.45, 2.75) is 32.6 Å². The molecule has 1 amide bonds. The van der Waals surface area contributed by atoms with E-state index < -0.39 is 0 Å². The minimum atomic E-state index is -0.236. The van der Waals surface area contributed by atoms with Crippen molar-refractivity contribution in [3.63, 3.8) is 0 Å². The van der Waals surface area contributed by atoms with Crippen LogP contribution < -0.4 is 10.1 Å². The van der Waals surface area contributed by atoms with Crippen LogP contribution in [-0.2, 0) is 17.6 Å². The number of carbonyl (C=O) groups excluding carboxylic acids is 1. The number of ether oxygens (including phenoxy) is 1. The number of aromatic nitrogens is 1. The molecule has 0 fully saturated rings. The first-order valence-electron chi connectivity index (χ1n) is 7.19. The minimum absolute atomic E-state index is 0.0431. The van der Waals surface area contributed by atoms with E-state index in [4.69, 9.17) is 9.26 Å². The van der Waals surface area contributed by atoms with Gasteiger partial charge in [0.2, 0.25) is 5.88 Å². The van der Waals surface area contributed by atoms with Crippen LogP contribution in [-0.4, -0.2) is 17.7 Å². The molecule has 5 nitrogen and oxygen atoms in total. The first-order valence-corrected chi connectivity index (χ1v) is 7.19. The summed E-state index contributed by atoms with van der Waals surface area (Å²) in [5.74, 6) is 0.914. The Labute approximate surface area is 123 Å². The van der Waals surface area contributed by atoms with Crippen LogP contribution in [0.15, 0.2) is 28.8 Å². The number of benzene rings is 1. The molecule has 1 aromatic heterocycles. The fourth-order valence-electron chi connectivity index (χ4n) is 2.43. The fourth-order valence-corrected chi connectivity index (χ4v) is 2.43. The summed E-state index contributed by atoms with van der Waals surface area (Å²) in [6.07, 6.45) is 4.07. The Morgan fingerprint density at radius 3 is 2.86 bits per heavy atom. The summed E-state index contributed by atoms with van der Waals surface area (Å²) in [6.45, 7) is 1.96. The monoisotopic (exact) mass is 286 g/mol. The highest BCUT2D eigenvalue weighted by molar-refractivity contribution is 5.91. The summed E-state index contributed by atoms with van der Waals surface area (Å²) >= 11 is 0. The highest BCUT2D eigenvalue weighted by atomic mass is 16.5. The Bertz CT molecular complexity index is 631. The minimum Gasteiger partial charge on any atom is -0.484 e. The molecule has 21 heavy (non-hydrogen) atoms. The summed E-state index contributed by atoms with van der Waals surface area (Å²) in [4.78, 5) is 11.9. The standard InChI is InChI=1S/C16H18N2O3/c1-11-6-8-12(9-7-11)20-10-15(19)17-16-13-4-2-3-5-14(13)18-21-16/h6-9H,2-5,10H2,1H3,(H,17,19). The van der Waals surface area contributed by atoms with Crippen LogP contribution in [0.4, 0.5) is 5.88 Å². The van der Waals surface area contributed by atoms with Gasteiger partial charge < -0.3 is 9.26 Å². The molecular weight excluding hydrogens is 268 g/mol. The smallest absolute Gasteiger partial charge is 0.264 e. The predicted molar refractivity (Wildman–Crippen MR) is 78.4 cm³/mol. The maximum atomic E-state index is 11.9. The van der Waals surface area contributed by atoms with E-state index in [2.05, 4.69) is 10.5 Å². The molecule has 3 rings (SSSR count). The van der Waals surface area contributed by atoms with Gasteiger partial charge in [-0.25, -0.2) is 0 Å². The molecule has 1 aliphatic carbocycles. The third-order valence-electron chi connectivity index (χ3n) is 3.60. The Hall–Kier alpha value is -2.30. The molecule has 1 N–H and O–H groups in total. The van der Waals surface area contributed by atoms with Crippen molar-refractivity contribution in [2.75, 3.05) is 11.9 Å². The third-order valence-corrected chi connectivity index (χ3v) is 3.60.